The first-order valence-electron chi connectivity index (χ1n) is 11.2. The van der Waals surface area contributed by atoms with Crippen molar-refractivity contribution in [2.75, 3.05) is 51.3 Å². The van der Waals surface area contributed by atoms with Crippen molar-refractivity contribution in [3.05, 3.63) is 53.6 Å². The number of benzene rings is 2. The zero-order chi connectivity index (χ0) is 23.3. The molecule has 1 aliphatic heterocycles. The van der Waals surface area contributed by atoms with Crippen LogP contribution in [-0.2, 0) is 5.41 Å². The minimum atomic E-state index is -0.564. The van der Waals surface area contributed by atoms with E-state index < -0.39 is 6.10 Å². The molecule has 1 aliphatic rings. The first kappa shape index (κ1) is 24.1. The van der Waals surface area contributed by atoms with Gasteiger partial charge in [0.15, 0.2) is 5.78 Å². The van der Waals surface area contributed by atoms with E-state index in [0.29, 0.717) is 6.54 Å². The minimum absolute atomic E-state index is 0.0850. The standard InChI is InChI=1S/C26H36N2O4/c1-19(29)20-6-8-21(9-7-20)28-14-12-27(13-15-28)17-22(30)18-32-25-11-10-23(31-5)16-24(25)26(2,3)4/h6-11,16,22,30H,12-15,17-18H2,1-5H3/t22-/m1/s1. The number of carbonyl (C=O) groups excluding carboxylic acids is 1. The molecular formula is C26H36N2O4. The van der Waals surface area contributed by atoms with Gasteiger partial charge in [-0.15, -0.1) is 0 Å². The molecular weight excluding hydrogens is 404 g/mol. The highest BCUT2D eigenvalue weighted by atomic mass is 16.5. The number of aliphatic hydroxyl groups excluding tert-OH is 1. The number of rotatable bonds is 8. The van der Waals surface area contributed by atoms with E-state index in [1.807, 2.05) is 42.5 Å². The second-order valence-corrected chi connectivity index (χ2v) is 9.47. The SMILES string of the molecule is COc1ccc(OC[C@H](O)CN2CCN(c3ccc(C(C)=O)cc3)CC2)c(C(C)(C)C)c1. The normalized spacial score (nSPS) is 16.0. The van der Waals surface area contributed by atoms with Gasteiger partial charge < -0.3 is 19.5 Å². The zero-order valence-corrected chi connectivity index (χ0v) is 19.9. The van der Waals surface area contributed by atoms with Crippen LogP contribution in [0.4, 0.5) is 5.69 Å². The highest BCUT2D eigenvalue weighted by Gasteiger charge is 2.22. The monoisotopic (exact) mass is 440 g/mol. The summed E-state index contributed by atoms with van der Waals surface area (Å²) in [6.07, 6.45) is -0.564. The average molecular weight is 441 g/mol. The lowest BCUT2D eigenvalue weighted by atomic mass is 9.86. The van der Waals surface area contributed by atoms with Crippen LogP contribution in [0.1, 0.15) is 43.6 Å². The fraction of sp³-hybridized carbons (Fsp3) is 0.500. The molecule has 0 spiro atoms. The average Bonchev–Trinajstić information content (AvgIpc) is 2.77. The number of nitrogens with zero attached hydrogens (tertiary/aromatic N) is 2. The predicted molar refractivity (Wildman–Crippen MR) is 128 cm³/mol. The van der Waals surface area contributed by atoms with Crippen molar-refractivity contribution < 1.29 is 19.4 Å². The number of hydrogen-bond donors (Lipinski definition) is 1. The number of anilines is 1. The van der Waals surface area contributed by atoms with Gasteiger partial charge in [-0.3, -0.25) is 9.69 Å². The van der Waals surface area contributed by atoms with E-state index >= 15 is 0 Å². The Balaban J connectivity index is 1.49. The summed E-state index contributed by atoms with van der Waals surface area (Å²) < 4.78 is 11.4. The van der Waals surface area contributed by atoms with E-state index in [2.05, 4.69) is 30.6 Å². The van der Waals surface area contributed by atoms with Crippen molar-refractivity contribution >= 4 is 11.5 Å². The van der Waals surface area contributed by atoms with E-state index in [1.165, 1.54) is 0 Å². The molecule has 0 amide bonds. The summed E-state index contributed by atoms with van der Waals surface area (Å²) in [4.78, 5) is 16.0. The Labute approximate surface area is 191 Å². The maximum Gasteiger partial charge on any atom is 0.159 e. The molecule has 3 rings (SSSR count). The van der Waals surface area contributed by atoms with Crippen molar-refractivity contribution in [3.8, 4) is 11.5 Å². The van der Waals surface area contributed by atoms with E-state index in [-0.39, 0.29) is 17.8 Å². The van der Waals surface area contributed by atoms with E-state index in [4.69, 9.17) is 9.47 Å². The zero-order valence-electron chi connectivity index (χ0n) is 19.9. The summed E-state index contributed by atoms with van der Waals surface area (Å²) in [6, 6.07) is 13.6. The number of piperazine rings is 1. The van der Waals surface area contributed by atoms with Gasteiger partial charge in [0.25, 0.3) is 0 Å². The molecule has 0 saturated carbocycles. The van der Waals surface area contributed by atoms with Gasteiger partial charge >= 0.3 is 0 Å². The Morgan fingerprint density at radius 3 is 2.28 bits per heavy atom. The Hall–Kier alpha value is -2.57. The van der Waals surface area contributed by atoms with Crippen LogP contribution < -0.4 is 14.4 Å². The van der Waals surface area contributed by atoms with Crippen LogP contribution in [0.2, 0.25) is 0 Å². The third kappa shape index (κ3) is 6.24. The van der Waals surface area contributed by atoms with Crippen LogP contribution >= 0.6 is 0 Å². The molecule has 6 heteroatoms. The van der Waals surface area contributed by atoms with Gasteiger partial charge in [-0.25, -0.2) is 0 Å². The summed E-state index contributed by atoms with van der Waals surface area (Å²) in [5.41, 5.74) is 2.84. The molecule has 2 aromatic carbocycles. The fourth-order valence-corrected chi connectivity index (χ4v) is 3.98. The van der Waals surface area contributed by atoms with Gasteiger partial charge in [0, 0.05) is 49.5 Å². The molecule has 0 aromatic heterocycles. The quantitative estimate of drug-likeness (QED) is 0.631. The van der Waals surface area contributed by atoms with Crippen LogP contribution in [-0.4, -0.2) is 68.3 Å². The first-order chi connectivity index (χ1) is 15.2. The van der Waals surface area contributed by atoms with Gasteiger partial charge in [-0.1, -0.05) is 20.8 Å². The summed E-state index contributed by atoms with van der Waals surface area (Å²) in [5, 5.41) is 10.6. The summed E-state index contributed by atoms with van der Waals surface area (Å²) in [6.45, 7) is 12.4. The minimum Gasteiger partial charge on any atom is -0.497 e. The van der Waals surface area contributed by atoms with Gasteiger partial charge in [0.1, 0.15) is 24.2 Å². The molecule has 1 heterocycles. The molecule has 1 N–H and O–H groups in total. The maximum atomic E-state index is 11.5. The van der Waals surface area contributed by atoms with E-state index in [1.54, 1.807) is 14.0 Å². The van der Waals surface area contributed by atoms with Crippen LogP contribution in [0.5, 0.6) is 11.5 Å². The van der Waals surface area contributed by atoms with Crippen molar-refractivity contribution in [2.24, 2.45) is 0 Å². The topological polar surface area (TPSA) is 62.2 Å². The number of ketones is 1. The predicted octanol–water partition coefficient (Wildman–Crippen LogP) is 3.76. The Kier molecular flexibility index (Phi) is 7.80. The Bertz CT molecular complexity index is 897. The number of carbonyl (C=O) groups is 1. The second kappa shape index (κ2) is 10.4. The second-order valence-electron chi connectivity index (χ2n) is 9.47. The maximum absolute atomic E-state index is 11.5. The van der Waals surface area contributed by atoms with Crippen molar-refractivity contribution in [2.45, 2.75) is 39.2 Å². The van der Waals surface area contributed by atoms with Crippen molar-refractivity contribution in [3.63, 3.8) is 0 Å². The molecule has 1 fully saturated rings. The number of aliphatic hydroxyl groups is 1. The number of ether oxygens (including phenoxy) is 2. The molecule has 2 aromatic rings. The molecule has 32 heavy (non-hydrogen) atoms. The molecule has 6 nitrogen and oxygen atoms in total. The van der Waals surface area contributed by atoms with Crippen LogP contribution in [0.15, 0.2) is 42.5 Å². The fourth-order valence-electron chi connectivity index (χ4n) is 3.98. The van der Waals surface area contributed by atoms with Gasteiger partial charge in [-0.05, 0) is 54.8 Å². The summed E-state index contributed by atoms with van der Waals surface area (Å²) >= 11 is 0. The van der Waals surface area contributed by atoms with Gasteiger partial charge in [-0.2, -0.15) is 0 Å². The van der Waals surface area contributed by atoms with Crippen LogP contribution in [0, 0.1) is 0 Å². The summed E-state index contributed by atoms with van der Waals surface area (Å²) in [7, 11) is 1.66. The van der Waals surface area contributed by atoms with E-state index in [0.717, 1.165) is 54.5 Å². The molecule has 0 unspecified atom stereocenters. The van der Waals surface area contributed by atoms with Gasteiger partial charge in [0.2, 0.25) is 0 Å². The highest BCUT2D eigenvalue weighted by Crippen LogP contribution is 2.34. The Morgan fingerprint density at radius 1 is 1.06 bits per heavy atom. The molecule has 0 bridgehead atoms. The van der Waals surface area contributed by atoms with Gasteiger partial charge in [0.05, 0.1) is 7.11 Å². The van der Waals surface area contributed by atoms with Crippen molar-refractivity contribution in [1.82, 2.24) is 4.90 Å². The highest BCUT2D eigenvalue weighted by molar-refractivity contribution is 5.94. The molecule has 1 saturated heterocycles. The van der Waals surface area contributed by atoms with Crippen LogP contribution in [0.3, 0.4) is 0 Å². The number of Topliss-reactive ketones (excluding diaryl/α,β-unsaturated/α-hetero) is 1. The van der Waals surface area contributed by atoms with Crippen molar-refractivity contribution in [1.29, 1.82) is 0 Å². The lowest BCUT2D eigenvalue weighted by Crippen LogP contribution is -2.49. The lowest BCUT2D eigenvalue weighted by Gasteiger charge is -2.37. The number of β-amino-alcohol motifs (C(OH)–C–C–N with tert-alkyl or cyclic N) is 1. The first-order valence-corrected chi connectivity index (χ1v) is 11.2. The summed E-state index contributed by atoms with van der Waals surface area (Å²) in [5.74, 6) is 1.68. The third-order valence-corrected chi connectivity index (χ3v) is 5.91. The number of hydrogen-bond acceptors (Lipinski definition) is 6. The molecule has 0 aliphatic carbocycles. The van der Waals surface area contributed by atoms with Crippen LogP contribution in [0.25, 0.3) is 0 Å². The largest absolute Gasteiger partial charge is 0.497 e. The molecule has 0 radical (unpaired) electrons. The lowest BCUT2D eigenvalue weighted by molar-refractivity contribution is 0.0656. The van der Waals surface area contributed by atoms with E-state index in [9.17, 15) is 9.90 Å². The third-order valence-electron chi connectivity index (χ3n) is 5.91. The smallest absolute Gasteiger partial charge is 0.159 e. The molecule has 1 atom stereocenters. The Morgan fingerprint density at radius 2 is 1.72 bits per heavy atom. The number of methoxy groups -OCH3 is 1. The molecule has 174 valence electrons.